The summed E-state index contributed by atoms with van der Waals surface area (Å²) < 4.78 is 17.7. The van der Waals surface area contributed by atoms with Crippen molar-refractivity contribution in [3.8, 4) is 11.8 Å². The Balaban J connectivity index is 1.82. The molecule has 1 atom stereocenters. The highest BCUT2D eigenvalue weighted by atomic mass is 35.5. The van der Waals surface area contributed by atoms with Crippen LogP contribution in [0.2, 0.25) is 5.02 Å². The number of nitrogens with two attached hydrogens (primary N) is 1. The SMILES string of the molecule is CC(C)(C#N)c1cc(CSc2ccc(OS(N)=O)c(Cl)c2)cc(Cn2cncn2)c1. The van der Waals surface area contributed by atoms with E-state index in [4.69, 9.17) is 20.9 Å². The normalized spacial score (nSPS) is 12.4. The van der Waals surface area contributed by atoms with Crippen LogP contribution >= 0.6 is 23.4 Å². The summed E-state index contributed by atoms with van der Waals surface area (Å²) in [6.07, 6.45) is 3.16. The molecule has 3 aromatic rings. The summed E-state index contributed by atoms with van der Waals surface area (Å²) in [5.74, 6) is 0.953. The van der Waals surface area contributed by atoms with Crippen LogP contribution < -0.4 is 9.32 Å². The van der Waals surface area contributed by atoms with E-state index in [1.165, 1.54) is 6.33 Å². The highest BCUT2D eigenvalue weighted by Crippen LogP contribution is 2.33. The third-order valence-electron chi connectivity index (χ3n) is 4.35. The van der Waals surface area contributed by atoms with Crippen LogP contribution in [-0.4, -0.2) is 19.0 Å². The van der Waals surface area contributed by atoms with Crippen LogP contribution in [0.15, 0.2) is 53.9 Å². The predicted molar refractivity (Wildman–Crippen MR) is 118 cm³/mol. The monoisotopic (exact) mass is 461 g/mol. The molecule has 3 rings (SSSR count). The number of aromatic nitrogens is 3. The molecule has 2 aromatic carbocycles. The van der Waals surface area contributed by atoms with Gasteiger partial charge >= 0.3 is 0 Å². The summed E-state index contributed by atoms with van der Waals surface area (Å²) in [6, 6.07) is 13.8. The molecule has 7 nitrogen and oxygen atoms in total. The minimum atomic E-state index is -1.92. The highest BCUT2D eigenvalue weighted by molar-refractivity contribution is 7.98. The lowest BCUT2D eigenvalue weighted by molar-refractivity contribution is 0.563. The first-order chi connectivity index (χ1) is 14.3. The molecule has 30 heavy (non-hydrogen) atoms. The average Bonchev–Trinajstić information content (AvgIpc) is 3.21. The van der Waals surface area contributed by atoms with Gasteiger partial charge in [-0.15, -0.1) is 11.8 Å². The molecular weight excluding hydrogens is 442 g/mol. The van der Waals surface area contributed by atoms with Gasteiger partial charge in [-0.2, -0.15) is 14.6 Å². The van der Waals surface area contributed by atoms with E-state index in [9.17, 15) is 9.47 Å². The van der Waals surface area contributed by atoms with Crippen LogP contribution in [0.3, 0.4) is 0 Å². The van der Waals surface area contributed by atoms with E-state index in [2.05, 4.69) is 28.3 Å². The van der Waals surface area contributed by atoms with Gasteiger partial charge in [0.25, 0.3) is 11.3 Å². The summed E-state index contributed by atoms with van der Waals surface area (Å²) in [5, 5.41) is 19.2. The first kappa shape index (κ1) is 22.3. The summed E-state index contributed by atoms with van der Waals surface area (Å²) in [7, 11) is 0. The van der Waals surface area contributed by atoms with E-state index in [0.29, 0.717) is 17.3 Å². The van der Waals surface area contributed by atoms with Crippen molar-refractivity contribution in [2.24, 2.45) is 5.14 Å². The van der Waals surface area contributed by atoms with E-state index in [-0.39, 0.29) is 5.75 Å². The van der Waals surface area contributed by atoms with Crippen LogP contribution in [0.1, 0.15) is 30.5 Å². The van der Waals surface area contributed by atoms with Gasteiger partial charge < -0.3 is 4.18 Å². The molecule has 0 aliphatic carbocycles. The number of hydrogen-bond acceptors (Lipinski definition) is 6. The molecule has 1 unspecified atom stereocenters. The van der Waals surface area contributed by atoms with E-state index >= 15 is 0 Å². The summed E-state index contributed by atoms with van der Waals surface area (Å²) in [4.78, 5) is 4.91. The Kier molecular flexibility index (Phi) is 7.15. The maximum atomic E-state index is 11.0. The summed E-state index contributed by atoms with van der Waals surface area (Å²) >= 11 is 5.85. The third-order valence-corrected chi connectivity index (χ3v) is 6.05. The van der Waals surface area contributed by atoms with Gasteiger partial charge in [-0.1, -0.05) is 29.8 Å². The topological polar surface area (TPSA) is 107 Å². The fourth-order valence-electron chi connectivity index (χ4n) is 2.76. The van der Waals surface area contributed by atoms with E-state index in [0.717, 1.165) is 21.6 Å². The number of halogens is 1. The first-order valence-electron chi connectivity index (χ1n) is 8.90. The molecule has 0 aliphatic rings. The van der Waals surface area contributed by atoms with Crippen molar-refractivity contribution < 1.29 is 8.39 Å². The zero-order valence-electron chi connectivity index (χ0n) is 16.4. The van der Waals surface area contributed by atoms with Crippen LogP contribution in [-0.2, 0) is 29.0 Å². The number of nitriles is 1. The predicted octanol–water partition coefficient (Wildman–Crippen LogP) is 3.99. The molecule has 0 saturated heterocycles. The van der Waals surface area contributed by atoms with Gasteiger partial charge in [0.05, 0.1) is 23.1 Å². The van der Waals surface area contributed by atoms with Crippen molar-refractivity contribution >= 4 is 34.6 Å². The second kappa shape index (κ2) is 9.62. The molecule has 0 aliphatic heterocycles. The molecule has 2 N–H and O–H groups in total. The van der Waals surface area contributed by atoms with Gasteiger partial charge in [-0.25, -0.2) is 14.8 Å². The Labute approximate surface area is 187 Å². The number of hydrogen-bond donors (Lipinski definition) is 1. The standard InChI is InChI=1S/C20H20ClN5O2S2/c1-20(2,11-22)16-6-14(9-26-13-24-12-25-26)5-15(7-16)10-29-17-3-4-19(18(21)8-17)28-30(23)27/h3-8,12-13H,9-10,23H2,1-2H3. The molecule has 0 bridgehead atoms. The van der Waals surface area contributed by atoms with E-state index in [1.54, 1.807) is 34.9 Å². The second-order valence-electron chi connectivity index (χ2n) is 7.09. The van der Waals surface area contributed by atoms with Crippen molar-refractivity contribution in [2.75, 3.05) is 0 Å². The van der Waals surface area contributed by atoms with E-state index < -0.39 is 16.7 Å². The fraction of sp³-hybridized carbons (Fsp3) is 0.250. The molecular formula is C20H20ClN5O2S2. The largest absolute Gasteiger partial charge is 0.388 e. The minimum Gasteiger partial charge on any atom is -0.388 e. The van der Waals surface area contributed by atoms with Gasteiger partial charge in [-0.3, -0.25) is 0 Å². The van der Waals surface area contributed by atoms with Crippen LogP contribution in [0.4, 0.5) is 0 Å². The molecule has 0 saturated carbocycles. The fourth-order valence-corrected chi connectivity index (χ4v) is 4.28. The van der Waals surface area contributed by atoms with Gasteiger partial charge in [-0.05, 0) is 48.7 Å². The van der Waals surface area contributed by atoms with Crippen molar-refractivity contribution in [1.29, 1.82) is 5.26 Å². The molecule has 0 fully saturated rings. The molecule has 1 aromatic heterocycles. The van der Waals surface area contributed by atoms with E-state index in [1.807, 2.05) is 26.0 Å². The number of benzene rings is 2. The third kappa shape index (κ3) is 5.83. The first-order valence-corrected chi connectivity index (χ1v) is 11.4. The molecule has 1 heterocycles. The lowest BCUT2D eigenvalue weighted by Gasteiger charge is -2.19. The molecule has 0 amide bonds. The Morgan fingerprint density at radius 1 is 1.30 bits per heavy atom. The zero-order chi connectivity index (χ0) is 21.7. The number of nitrogens with zero attached hydrogens (tertiary/aromatic N) is 4. The van der Waals surface area contributed by atoms with Crippen LogP contribution in [0, 0.1) is 11.3 Å². The van der Waals surface area contributed by atoms with Crippen LogP contribution in [0.5, 0.6) is 5.75 Å². The lowest BCUT2D eigenvalue weighted by atomic mass is 9.84. The maximum absolute atomic E-state index is 11.0. The quantitative estimate of drug-likeness (QED) is 0.508. The van der Waals surface area contributed by atoms with Crippen molar-refractivity contribution in [3.05, 3.63) is 70.8 Å². The Bertz CT molecular complexity index is 1100. The smallest absolute Gasteiger partial charge is 0.285 e. The highest BCUT2D eigenvalue weighted by Gasteiger charge is 2.21. The van der Waals surface area contributed by atoms with Crippen molar-refractivity contribution in [2.45, 2.75) is 36.5 Å². The number of thioether (sulfide) groups is 1. The van der Waals surface area contributed by atoms with Crippen LogP contribution in [0.25, 0.3) is 0 Å². The number of rotatable bonds is 8. The lowest BCUT2D eigenvalue weighted by Crippen LogP contribution is -2.15. The molecule has 156 valence electrons. The van der Waals surface area contributed by atoms with Crippen molar-refractivity contribution in [3.63, 3.8) is 0 Å². The molecule has 0 radical (unpaired) electrons. The van der Waals surface area contributed by atoms with Gasteiger partial charge in [0.1, 0.15) is 12.7 Å². The summed E-state index contributed by atoms with van der Waals surface area (Å²) in [6.45, 7) is 4.37. The molecule has 0 spiro atoms. The minimum absolute atomic E-state index is 0.273. The second-order valence-corrected chi connectivity index (χ2v) is 9.24. The Morgan fingerprint density at radius 3 is 2.70 bits per heavy atom. The molecule has 10 heteroatoms. The van der Waals surface area contributed by atoms with Crippen molar-refractivity contribution in [1.82, 2.24) is 14.8 Å². The maximum Gasteiger partial charge on any atom is 0.285 e. The zero-order valence-corrected chi connectivity index (χ0v) is 18.8. The van der Waals surface area contributed by atoms with Gasteiger partial charge in [0.2, 0.25) is 0 Å². The Morgan fingerprint density at radius 2 is 2.07 bits per heavy atom. The summed E-state index contributed by atoms with van der Waals surface area (Å²) in [5.41, 5.74) is 2.46. The van der Waals surface area contributed by atoms with Gasteiger partial charge in [0.15, 0.2) is 5.75 Å². The Hall–Kier alpha value is -2.38. The average molecular weight is 462 g/mol. The van der Waals surface area contributed by atoms with Gasteiger partial charge in [0, 0.05) is 10.6 Å².